The number of rotatable bonds is 8. The average molecular weight is 452 g/mol. The Kier molecular flexibility index (Phi) is 7.03. The Morgan fingerprint density at radius 2 is 2.09 bits per heavy atom. The summed E-state index contributed by atoms with van der Waals surface area (Å²) in [7, 11) is 1.49. The number of aromatic nitrogens is 2. The van der Waals surface area contributed by atoms with Gasteiger partial charge in [0.2, 0.25) is 11.8 Å². The van der Waals surface area contributed by atoms with Crippen LogP contribution in [-0.2, 0) is 9.47 Å². The number of carbonyl (C=O) groups is 1. The first kappa shape index (κ1) is 23.5. The quantitative estimate of drug-likeness (QED) is 0.287. The van der Waals surface area contributed by atoms with Crippen LogP contribution in [0.5, 0.6) is 5.88 Å². The van der Waals surface area contributed by atoms with E-state index in [-0.39, 0.29) is 37.5 Å². The molecule has 0 spiro atoms. The number of aliphatic hydroxyl groups is 3. The molecule has 5 N–H and O–H groups in total. The lowest BCUT2D eigenvalue weighted by molar-refractivity contribution is -0.0207. The SMILES string of the molecule is C=CCN1C(=C)N([C@@H]2O[C@H](CO)[C@@H](O)[C@H]2O)c2nc(N)nc(OCN(C)C(=O)OCC)c21. The van der Waals surface area contributed by atoms with Crippen LogP contribution in [0.25, 0.3) is 0 Å². The molecule has 0 radical (unpaired) electrons. The molecule has 1 saturated heterocycles. The van der Waals surface area contributed by atoms with E-state index >= 15 is 0 Å². The van der Waals surface area contributed by atoms with E-state index < -0.39 is 37.2 Å². The molecule has 176 valence electrons. The Balaban J connectivity index is 1.97. The minimum atomic E-state index is -1.36. The van der Waals surface area contributed by atoms with Crippen LogP contribution in [0.15, 0.2) is 25.1 Å². The molecule has 13 nitrogen and oxygen atoms in total. The minimum Gasteiger partial charge on any atom is -0.454 e. The number of carbonyl (C=O) groups excluding carboxylic acids is 1. The van der Waals surface area contributed by atoms with E-state index in [4.69, 9.17) is 19.9 Å². The van der Waals surface area contributed by atoms with Crippen molar-refractivity contribution in [3.05, 3.63) is 25.1 Å². The molecule has 3 rings (SSSR count). The molecule has 1 amide bonds. The Morgan fingerprint density at radius 1 is 1.38 bits per heavy atom. The molecule has 0 unspecified atom stereocenters. The highest BCUT2D eigenvalue weighted by molar-refractivity contribution is 5.84. The van der Waals surface area contributed by atoms with Crippen LogP contribution in [-0.4, -0.2) is 94.4 Å². The zero-order valence-electron chi connectivity index (χ0n) is 17.9. The monoisotopic (exact) mass is 452 g/mol. The van der Waals surface area contributed by atoms with Gasteiger partial charge in [-0.3, -0.25) is 9.80 Å². The van der Waals surface area contributed by atoms with E-state index in [0.29, 0.717) is 11.5 Å². The molecular weight excluding hydrogens is 424 g/mol. The van der Waals surface area contributed by atoms with Gasteiger partial charge in [-0.25, -0.2) is 4.79 Å². The maximum Gasteiger partial charge on any atom is 0.412 e. The number of anilines is 3. The Hall–Kier alpha value is -3.13. The fourth-order valence-electron chi connectivity index (χ4n) is 3.46. The Labute approximate surface area is 184 Å². The van der Waals surface area contributed by atoms with Gasteiger partial charge in [0.1, 0.15) is 29.8 Å². The first-order valence-electron chi connectivity index (χ1n) is 9.92. The van der Waals surface area contributed by atoms with Crippen LogP contribution in [0.2, 0.25) is 0 Å². The van der Waals surface area contributed by atoms with Gasteiger partial charge >= 0.3 is 6.09 Å². The molecule has 0 aliphatic carbocycles. The number of amides is 1. The first-order chi connectivity index (χ1) is 15.2. The summed E-state index contributed by atoms with van der Waals surface area (Å²) in [5.41, 5.74) is 6.25. The van der Waals surface area contributed by atoms with E-state index in [0.717, 1.165) is 0 Å². The molecule has 1 aromatic heterocycles. The number of hydrogen-bond donors (Lipinski definition) is 4. The summed E-state index contributed by atoms with van der Waals surface area (Å²) < 4.78 is 16.3. The van der Waals surface area contributed by atoms with Crippen molar-refractivity contribution >= 4 is 23.5 Å². The second-order valence-corrected chi connectivity index (χ2v) is 7.14. The minimum absolute atomic E-state index is 0.0564. The number of ether oxygens (including phenoxy) is 3. The van der Waals surface area contributed by atoms with E-state index in [9.17, 15) is 20.1 Å². The number of nitrogen functional groups attached to an aromatic ring is 1. The Morgan fingerprint density at radius 3 is 2.69 bits per heavy atom. The van der Waals surface area contributed by atoms with Crippen molar-refractivity contribution < 1.29 is 34.3 Å². The number of nitrogens with two attached hydrogens (primary N) is 1. The van der Waals surface area contributed by atoms with Gasteiger partial charge in [0, 0.05) is 13.6 Å². The predicted molar refractivity (Wildman–Crippen MR) is 114 cm³/mol. The first-order valence-corrected chi connectivity index (χ1v) is 9.92. The summed E-state index contributed by atoms with van der Waals surface area (Å²) in [5, 5.41) is 30.2. The standard InChI is InChI=1S/C19H28N6O7/c1-5-7-24-10(3)25(17-14(28)13(27)11(8-26)32-17)15-12(24)16(22-18(20)21-15)31-9-23(4)19(29)30-6-2/h5,11,13-14,17,26-28H,1,3,6-9H2,2,4H3,(H2,20,21,22)/t11-,13-,14-,17-/m1/s1. The maximum absolute atomic E-state index is 11.9. The molecule has 32 heavy (non-hydrogen) atoms. The van der Waals surface area contributed by atoms with Gasteiger partial charge in [-0.05, 0) is 6.92 Å². The van der Waals surface area contributed by atoms with Gasteiger partial charge in [0.25, 0.3) is 0 Å². The lowest BCUT2D eigenvalue weighted by atomic mass is 10.1. The molecule has 0 saturated carbocycles. The van der Waals surface area contributed by atoms with Crippen LogP contribution >= 0.6 is 0 Å². The molecule has 1 aromatic rings. The van der Waals surface area contributed by atoms with Crippen molar-refractivity contribution in [1.29, 1.82) is 0 Å². The van der Waals surface area contributed by atoms with Crippen LogP contribution in [0.4, 0.5) is 22.2 Å². The molecule has 0 bridgehead atoms. The van der Waals surface area contributed by atoms with Crippen LogP contribution in [0.3, 0.4) is 0 Å². The van der Waals surface area contributed by atoms with Crippen LogP contribution in [0, 0.1) is 0 Å². The normalized spacial score (nSPS) is 24.5. The largest absolute Gasteiger partial charge is 0.454 e. The highest BCUT2D eigenvalue weighted by Gasteiger charge is 2.50. The topological polar surface area (TPSA) is 167 Å². The van der Waals surface area contributed by atoms with Crippen molar-refractivity contribution in [2.24, 2.45) is 0 Å². The molecular formula is C19H28N6O7. The fourth-order valence-corrected chi connectivity index (χ4v) is 3.46. The van der Waals surface area contributed by atoms with Gasteiger partial charge in [-0.2, -0.15) is 9.97 Å². The molecule has 0 aromatic carbocycles. The second-order valence-electron chi connectivity index (χ2n) is 7.14. The molecule has 3 heterocycles. The van der Waals surface area contributed by atoms with Crippen molar-refractivity contribution in [3.8, 4) is 5.88 Å². The average Bonchev–Trinajstić information content (AvgIpc) is 3.19. The molecule has 13 heteroatoms. The van der Waals surface area contributed by atoms with E-state index in [1.807, 2.05) is 0 Å². The zero-order chi connectivity index (χ0) is 23.6. The number of aliphatic hydroxyl groups excluding tert-OH is 3. The van der Waals surface area contributed by atoms with Gasteiger partial charge in [0.05, 0.1) is 13.2 Å². The smallest absolute Gasteiger partial charge is 0.412 e. The number of hydrogen-bond acceptors (Lipinski definition) is 12. The summed E-state index contributed by atoms with van der Waals surface area (Å²) in [6, 6.07) is 0. The highest BCUT2D eigenvalue weighted by Crippen LogP contribution is 2.48. The van der Waals surface area contributed by atoms with Crippen molar-refractivity contribution in [1.82, 2.24) is 14.9 Å². The van der Waals surface area contributed by atoms with E-state index in [1.54, 1.807) is 17.9 Å². The summed E-state index contributed by atoms with van der Waals surface area (Å²) >= 11 is 0. The fraction of sp³-hybridized carbons (Fsp3) is 0.526. The third-order valence-electron chi connectivity index (χ3n) is 5.00. The van der Waals surface area contributed by atoms with Crippen LogP contribution in [0.1, 0.15) is 6.92 Å². The van der Waals surface area contributed by atoms with Crippen molar-refractivity contribution in [2.45, 2.75) is 31.5 Å². The van der Waals surface area contributed by atoms with Crippen molar-refractivity contribution in [3.63, 3.8) is 0 Å². The number of nitrogens with zero attached hydrogens (tertiary/aromatic N) is 5. The van der Waals surface area contributed by atoms with Gasteiger partial charge < -0.3 is 40.2 Å². The molecule has 2 aliphatic rings. The molecule has 2 aliphatic heterocycles. The third-order valence-corrected chi connectivity index (χ3v) is 5.00. The summed E-state index contributed by atoms with van der Waals surface area (Å²) in [5.74, 6) is 0.467. The lowest BCUT2D eigenvalue weighted by Gasteiger charge is -2.29. The summed E-state index contributed by atoms with van der Waals surface area (Å²) in [6.07, 6.45) is -3.74. The van der Waals surface area contributed by atoms with Crippen molar-refractivity contribution in [2.75, 3.05) is 49.1 Å². The van der Waals surface area contributed by atoms with E-state index in [1.165, 1.54) is 16.8 Å². The zero-order valence-corrected chi connectivity index (χ0v) is 17.9. The Bertz CT molecular complexity index is 884. The van der Waals surface area contributed by atoms with Gasteiger partial charge in [-0.15, -0.1) is 6.58 Å². The lowest BCUT2D eigenvalue weighted by Crippen LogP contribution is -2.44. The molecule has 1 fully saturated rings. The van der Waals surface area contributed by atoms with Gasteiger partial charge in [0.15, 0.2) is 18.8 Å². The third kappa shape index (κ3) is 4.14. The maximum atomic E-state index is 11.9. The predicted octanol–water partition coefficient (Wildman–Crippen LogP) is -0.794. The van der Waals surface area contributed by atoms with Gasteiger partial charge in [-0.1, -0.05) is 12.7 Å². The summed E-state index contributed by atoms with van der Waals surface area (Å²) in [4.78, 5) is 24.6. The second kappa shape index (κ2) is 9.56. The molecule has 4 atom stereocenters. The van der Waals surface area contributed by atoms with E-state index in [2.05, 4.69) is 23.1 Å². The highest BCUT2D eigenvalue weighted by atomic mass is 16.6. The van der Waals surface area contributed by atoms with Crippen LogP contribution < -0.4 is 20.3 Å². The summed E-state index contributed by atoms with van der Waals surface area (Å²) in [6.45, 7) is 9.28. The number of fused-ring (bicyclic) bond motifs is 1.